The molecule has 0 heterocycles. The highest BCUT2D eigenvalue weighted by atomic mass is 16.5. The van der Waals surface area contributed by atoms with Gasteiger partial charge in [0.15, 0.2) is 11.6 Å². The quantitative estimate of drug-likeness (QED) is 0.308. The average molecular weight is 469 g/mol. The van der Waals surface area contributed by atoms with Crippen molar-refractivity contribution in [1.82, 2.24) is 0 Å². The van der Waals surface area contributed by atoms with Crippen molar-refractivity contribution in [3.8, 4) is 0 Å². The van der Waals surface area contributed by atoms with E-state index in [2.05, 4.69) is 10.6 Å². The molecule has 8 heteroatoms. The topological polar surface area (TPSA) is 104 Å². The van der Waals surface area contributed by atoms with Crippen LogP contribution in [0.4, 0.5) is 11.4 Å². The fourth-order valence-electron chi connectivity index (χ4n) is 4.41. The zero-order valence-electron chi connectivity index (χ0n) is 20.6. The van der Waals surface area contributed by atoms with E-state index in [0.717, 1.165) is 0 Å². The molecule has 2 aromatic carbocycles. The molecule has 0 bridgehead atoms. The van der Waals surface area contributed by atoms with E-state index in [1.54, 1.807) is 36.4 Å². The van der Waals surface area contributed by atoms with Gasteiger partial charge in [0.2, 0.25) is 0 Å². The standard InChI is InChI=1S/C26H36N4O4/c1-5-29(33,6-2)17-15-27-21-13-9-11-19-23(21)26(32)24-20(25(19)31)12-10-14-22(24)28-16-18-30(34,7-3)8-4/h9-14,27-28H,5-8,15-18H2,1-4H3. The molecule has 0 aromatic heterocycles. The predicted molar refractivity (Wildman–Crippen MR) is 136 cm³/mol. The Kier molecular flexibility index (Phi) is 8.09. The van der Waals surface area contributed by atoms with E-state index in [0.29, 0.717) is 86.0 Å². The summed E-state index contributed by atoms with van der Waals surface area (Å²) in [6.07, 6.45) is 0. The normalized spacial score (nSPS) is 13.5. The van der Waals surface area contributed by atoms with Crippen LogP contribution in [0.5, 0.6) is 0 Å². The largest absolute Gasteiger partial charge is 0.633 e. The van der Waals surface area contributed by atoms with Gasteiger partial charge in [0, 0.05) is 22.5 Å². The second-order valence-corrected chi connectivity index (χ2v) is 8.80. The average Bonchev–Trinajstić information content (AvgIpc) is 2.86. The molecule has 0 fully saturated rings. The lowest BCUT2D eigenvalue weighted by molar-refractivity contribution is -0.875. The smallest absolute Gasteiger partial charge is 0.198 e. The van der Waals surface area contributed by atoms with Gasteiger partial charge >= 0.3 is 0 Å². The minimum Gasteiger partial charge on any atom is -0.633 e. The molecule has 3 rings (SSSR count). The highest BCUT2D eigenvalue weighted by Crippen LogP contribution is 2.35. The summed E-state index contributed by atoms with van der Waals surface area (Å²) in [5.41, 5.74) is 2.51. The molecule has 0 saturated heterocycles. The van der Waals surface area contributed by atoms with E-state index in [-0.39, 0.29) is 20.9 Å². The SMILES string of the molecule is CC[N+]([O-])(CC)CCNc1cccc2c1C(=O)c1c(NCC[N+]([O-])(CC)CC)cccc1C2=O. The number of anilines is 2. The summed E-state index contributed by atoms with van der Waals surface area (Å²) in [5, 5.41) is 31.7. The number of likely N-dealkylation sites (N-methyl/N-ethyl adjacent to an activating group) is 2. The maximum absolute atomic E-state index is 13.7. The van der Waals surface area contributed by atoms with Crippen molar-refractivity contribution >= 4 is 22.9 Å². The number of rotatable bonds is 12. The Morgan fingerprint density at radius 3 is 1.38 bits per heavy atom. The minimum atomic E-state index is -0.318. The van der Waals surface area contributed by atoms with Gasteiger partial charge in [-0.3, -0.25) is 9.59 Å². The summed E-state index contributed by atoms with van der Waals surface area (Å²) >= 11 is 0. The molecule has 0 unspecified atom stereocenters. The van der Waals surface area contributed by atoms with Gasteiger partial charge < -0.3 is 30.3 Å². The third-order valence-electron chi connectivity index (χ3n) is 7.05. The summed E-state index contributed by atoms with van der Waals surface area (Å²) in [7, 11) is 0. The van der Waals surface area contributed by atoms with Crippen LogP contribution in [0.2, 0.25) is 0 Å². The molecule has 0 aliphatic heterocycles. The van der Waals surface area contributed by atoms with Crippen LogP contribution in [0.15, 0.2) is 36.4 Å². The number of hydrogen-bond acceptors (Lipinski definition) is 6. The van der Waals surface area contributed by atoms with Gasteiger partial charge in [0.25, 0.3) is 0 Å². The zero-order valence-corrected chi connectivity index (χ0v) is 20.6. The Hall–Kier alpha value is -2.78. The van der Waals surface area contributed by atoms with Gasteiger partial charge in [-0.15, -0.1) is 0 Å². The number of quaternary nitrogens is 2. The van der Waals surface area contributed by atoms with Crippen molar-refractivity contribution in [2.45, 2.75) is 27.7 Å². The number of benzene rings is 2. The van der Waals surface area contributed by atoms with E-state index >= 15 is 0 Å². The number of nitrogens with zero attached hydrogens (tertiary/aromatic N) is 2. The molecule has 8 nitrogen and oxygen atoms in total. The van der Waals surface area contributed by atoms with Crippen LogP contribution >= 0.6 is 0 Å². The van der Waals surface area contributed by atoms with Crippen molar-refractivity contribution in [2.24, 2.45) is 0 Å². The lowest BCUT2D eigenvalue weighted by Gasteiger charge is -2.41. The maximum atomic E-state index is 13.7. The maximum Gasteiger partial charge on any atom is 0.198 e. The first-order valence-electron chi connectivity index (χ1n) is 12.2. The third-order valence-corrected chi connectivity index (χ3v) is 7.05. The van der Waals surface area contributed by atoms with E-state index in [1.807, 2.05) is 27.7 Å². The molecule has 34 heavy (non-hydrogen) atoms. The van der Waals surface area contributed by atoms with E-state index in [4.69, 9.17) is 0 Å². The first kappa shape index (κ1) is 25.8. The molecular weight excluding hydrogens is 432 g/mol. The van der Waals surface area contributed by atoms with Gasteiger partial charge in [-0.1, -0.05) is 24.3 Å². The Bertz CT molecular complexity index is 966. The summed E-state index contributed by atoms with van der Waals surface area (Å²) in [6.45, 7) is 10.9. The first-order chi connectivity index (χ1) is 16.2. The summed E-state index contributed by atoms with van der Waals surface area (Å²) in [5.74, 6) is -0.442. The Morgan fingerprint density at radius 2 is 1.03 bits per heavy atom. The van der Waals surface area contributed by atoms with Crippen LogP contribution in [0.3, 0.4) is 0 Å². The lowest BCUT2D eigenvalue weighted by atomic mass is 9.82. The Balaban J connectivity index is 1.87. The molecule has 1 aliphatic rings. The van der Waals surface area contributed by atoms with Gasteiger partial charge in [-0.2, -0.15) is 0 Å². The number of hydroxylamine groups is 6. The molecule has 0 atom stereocenters. The Labute approximate surface area is 201 Å². The lowest BCUT2D eigenvalue weighted by Crippen LogP contribution is -2.45. The highest BCUT2D eigenvalue weighted by Gasteiger charge is 2.33. The molecule has 1 aliphatic carbocycles. The van der Waals surface area contributed by atoms with Crippen LogP contribution in [-0.4, -0.2) is 73.2 Å². The van der Waals surface area contributed by atoms with Crippen LogP contribution in [-0.2, 0) is 0 Å². The van der Waals surface area contributed by atoms with Gasteiger partial charge in [0.05, 0.1) is 63.5 Å². The van der Waals surface area contributed by atoms with Crippen molar-refractivity contribution < 1.29 is 18.9 Å². The second kappa shape index (κ2) is 10.7. The van der Waals surface area contributed by atoms with Gasteiger partial charge in [-0.05, 0) is 39.8 Å². The van der Waals surface area contributed by atoms with Crippen LogP contribution < -0.4 is 10.6 Å². The molecule has 0 spiro atoms. The van der Waals surface area contributed by atoms with Gasteiger partial charge in [-0.25, -0.2) is 0 Å². The molecule has 0 radical (unpaired) electrons. The third kappa shape index (κ3) is 5.15. The minimum absolute atomic E-state index is 0.205. The Morgan fingerprint density at radius 1 is 0.647 bits per heavy atom. The molecule has 0 saturated carbocycles. The fraction of sp³-hybridized carbons (Fsp3) is 0.462. The number of hydrogen-bond donors (Lipinski definition) is 2. The number of nitrogens with one attached hydrogen (secondary N) is 2. The second-order valence-electron chi connectivity index (χ2n) is 8.80. The van der Waals surface area contributed by atoms with Crippen molar-refractivity contribution in [2.75, 3.05) is 63.0 Å². The fourth-order valence-corrected chi connectivity index (χ4v) is 4.41. The number of carbonyl (C=O) groups is 2. The van der Waals surface area contributed by atoms with Crippen LogP contribution in [0.1, 0.15) is 59.5 Å². The van der Waals surface area contributed by atoms with E-state index in [9.17, 15) is 20.0 Å². The zero-order chi connectivity index (χ0) is 24.9. The van der Waals surface area contributed by atoms with E-state index < -0.39 is 0 Å². The van der Waals surface area contributed by atoms with Crippen LogP contribution in [0, 0.1) is 10.4 Å². The molecule has 2 N–H and O–H groups in total. The van der Waals surface area contributed by atoms with Crippen LogP contribution in [0.25, 0.3) is 0 Å². The summed E-state index contributed by atoms with van der Waals surface area (Å²) in [4.78, 5) is 27.0. The molecule has 184 valence electrons. The predicted octanol–water partition coefficient (Wildman–Crippen LogP) is 3.99. The number of ketones is 2. The summed E-state index contributed by atoms with van der Waals surface area (Å²) in [6, 6.07) is 10.4. The monoisotopic (exact) mass is 468 g/mol. The molecule has 0 amide bonds. The van der Waals surface area contributed by atoms with E-state index in [1.165, 1.54) is 0 Å². The van der Waals surface area contributed by atoms with Crippen molar-refractivity contribution in [3.63, 3.8) is 0 Å². The highest BCUT2D eigenvalue weighted by molar-refractivity contribution is 6.31. The van der Waals surface area contributed by atoms with Gasteiger partial charge in [0.1, 0.15) is 0 Å². The molecular formula is C26H36N4O4. The first-order valence-corrected chi connectivity index (χ1v) is 12.2. The number of carbonyl (C=O) groups excluding carboxylic acids is 2. The molecule has 2 aromatic rings. The van der Waals surface area contributed by atoms with Crippen molar-refractivity contribution in [1.29, 1.82) is 0 Å². The summed E-state index contributed by atoms with van der Waals surface area (Å²) < 4.78 is -0.637. The van der Waals surface area contributed by atoms with Crippen molar-refractivity contribution in [3.05, 3.63) is 69.1 Å². The number of fused-ring (bicyclic) bond motifs is 2.